The minimum Gasteiger partial charge on any atom is -0.378 e. The summed E-state index contributed by atoms with van der Waals surface area (Å²) >= 11 is 0. The van der Waals surface area contributed by atoms with E-state index < -0.39 is 17.5 Å². The molecule has 4 rings (SSSR count). The molecular weight excluding hydrogens is 404 g/mol. The Morgan fingerprint density at radius 3 is 2.26 bits per heavy atom. The molecule has 0 aromatic heterocycles. The summed E-state index contributed by atoms with van der Waals surface area (Å²) in [6.07, 6.45) is 1.34. The van der Waals surface area contributed by atoms with E-state index in [-0.39, 0.29) is 17.5 Å². The van der Waals surface area contributed by atoms with Gasteiger partial charge in [-0.2, -0.15) is 0 Å². The van der Waals surface area contributed by atoms with Crippen LogP contribution in [0.15, 0.2) is 42.5 Å². The van der Waals surface area contributed by atoms with Crippen molar-refractivity contribution in [3.05, 3.63) is 65.2 Å². The third-order valence-corrected chi connectivity index (χ3v) is 5.73. The zero-order valence-electron chi connectivity index (χ0n) is 17.2. The number of piperidine rings is 1. The summed E-state index contributed by atoms with van der Waals surface area (Å²) in [5.41, 5.74) is 1.53. The Hall–Kier alpha value is -3.00. The molecule has 31 heavy (non-hydrogen) atoms. The Kier molecular flexibility index (Phi) is 6.46. The average Bonchev–Trinajstić information content (AvgIpc) is 2.79. The van der Waals surface area contributed by atoms with Crippen molar-refractivity contribution in [3.63, 3.8) is 0 Å². The first-order valence-electron chi connectivity index (χ1n) is 10.5. The smallest absolute Gasteiger partial charge is 0.256 e. The van der Waals surface area contributed by atoms with E-state index in [9.17, 15) is 18.4 Å². The van der Waals surface area contributed by atoms with Crippen molar-refractivity contribution in [2.24, 2.45) is 0 Å². The van der Waals surface area contributed by atoms with Gasteiger partial charge in [-0.15, -0.1) is 0 Å². The van der Waals surface area contributed by atoms with Crippen molar-refractivity contribution in [1.82, 2.24) is 10.2 Å². The monoisotopic (exact) mass is 429 g/mol. The highest BCUT2D eigenvalue weighted by molar-refractivity contribution is 6.00. The van der Waals surface area contributed by atoms with Gasteiger partial charge < -0.3 is 19.9 Å². The molecule has 0 unspecified atom stereocenters. The van der Waals surface area contributed by atoms with Crippen LogP contribution >= 0.6 is 0 Å². The van der Waals surface area contributed by atoms with Crippen LogP contribution in [0.4, 0.5) is 14.5 Å². The summed E-state index contributed by atoms with van der Waals surface area (Å²) in [6, 6.07) is 10.3. The first-order chi connectivity index (χ1) is 15.0. The van der Waals surface area contributed by atoms with E-state index in [0.29, 0.717) is 57.8 Å². The summed E-state index contributed by atoms with van der Waals surface area (Å²) in [7, 11) is 0. The number of benzene rings is 2. The molecule has 2 saturated heterocycles. The Morgan fingerprint density at radius 2 is 1.58 bits per heavy atom. The molecule has 0 atom stereocenters. The van der Waals surface area contributed by atoms with E-state index in [4.69, 9.17) is 4.74 Å². The van der Waals surface area contributed by atoms with Crippen molar-refractivity contribution in [2.45, 2.75) is 18.9 Å². The lowest BCUT2D eigenvalue weighted by Crippen LogP contribution is -2.45. The van der Waals surface area contributed by atoms with Gasteiger partial charge in [-0.3, -0.25) is 9.59 Å². The Bertz CT molecular complexity index is 935. The fourth-order valence-electron chi connectivity index (χ4n) is 4.09. The first kappa shape index (κ1) is 21.2. The molecule has 164 valence electrons. The lowest BCUT2D eigenvalue weighted by atomic mass is 10.0. The zero-order valence-corrected chi connectivity index (χ0v) is 17.2. The highest BCUT2D eigenvalue weighted by Crippen LogP contribution is 2.26. The molecule has 2 aromatic rings. The molecule has 2 aliphatic heterocycles. The number of amides is 2. The maximum atomic E-state index is 13.4. The predicted molar refractivity (Wildman–Crippen MR) is 112 cm³/mol. The van der Waals surface area contributed by atoms with E-state index in [0.717, 1.165) is 23.9 Å². The van der Waals surface area contributed by atoms with Crippen LogP contribution in [0.25, 0.3) is 0 Å². The van der Waals surface area contributed by atoms with Gasteiger partial charge in [-0.1, -0.05) is 12.1 Å². The van der Waals surface area contributed by atoms with Crippen LogP contribution < -0.4 is 10.2 Å². The van der Waals surface area contributed by atoms with Crippen molar-refractivity contribution < 1.29 is 23.1 Å². The van der Waals surface area contributed by atoms with Gasteiger partial charge in [0.25, 0.3) is 11.8 Å². The molecule has 2 heterocycles. The Labute approximate surface area is 179 Å². The van der Waals surface area contributed by atoms with Crippen molar-refractivity contribution in [2.75, 3.05) is 44.3 Å². The third-order valence-electron chi connectivity index (χ3n) is 5.73. The molecule has 0 bridgehead atoms. The molecule has 8 heteroatoms. The summed E-state index contributed by atoms with van der Waals surface area (Å²) in [5, 5.41) is 2.86. The van der Waals surface area contributed by atoms with E-state index in [2.05, 4.69) is 10.2 Å². The fraction of sp³-hybridized carbons (Fsp3) is 0.391. The van der Waals surface area contributed by atoms with Crippen LogP contribution in [0.3, 0.4) is 0 Å². The second-order valence-electron chi connectivity index (χ2n) is 7.81. The number of hydrogen-bond acceptors (Lipinski definition) is 4. The van der Waals surface area contributed by atoms with E-state index in [1.54, 1.807) is 0 Å². The summed E-state index contributed by atoms with van der Waals surface area (Å²) in [6.45, 7) is 3.60. The van der Waals surface area contributed by atoms with Crippen LogP contribution in [-0.2, 0) is 4.74 Å². The second-order valence-corrected chi connectivity index (χ2v) is 7.81. The minimum absolute atomic E-state index is 0.00228. The third kappa shape index (κ3) is 5.02. The molecular formula is C23H25F2N3O3. The maximum Gasteiger partial charge on any atom is 0.256 e. The fourth-order valence-corrected chi connectivity index (χ4v) is 4.09. The topological polar surface area (TPSA) is 61.9 Å². The molecule has 2 aliphatic rings. The predicted octanol–water partition coefficient (Wildman–Crippen LogP) is 2.84. The number of morpholine rings is 1. The number of anilines is 1. The minimum atomic E-state index is -0.776. The summed E-state index contributed by atoms with van der Waals surface area (Å²) in [4.78, 5) is 29.3. The molecule has 0 radical (unpaired) electrons. The largest absolute Gasteiger partial charge is 0.378 e. The normalized spacial score (nSPS) is 17.5. The van der Waals surface area contributed by atoms with Crippen LogP contribution in [0, 0.1) is 11.6 Å². The van der Waals surface area contributed by atoms with Gasteiger partial charge in [0.1, 0.15) is 11.6 Å². The number of halogens is 2. The molecule has 2 fully saturated rings. The molecule has 0 spiro atoms. The molecule has 0 aliphatic carbocycles. The number of para-hydroxylation sites is 1. The maximum absolute atomic E-state index is 13.4. The highest BCUT2D eigenvalue weighted by atomic mass is 19.1. The van der Waals surface area contributed by atoms with Crippen LogP contribution in [0.2, 0.25) is 0 Å². The number of nitrogens with zero attached hydrogens (tertiary/aromatic N) is 2. The molecule has 2 aromatic carbocycles. The van der Waals surface area contributed by atoms with Crippen LogP contribution in [-0.4, -0.2) is 62.1 Å². The van der Waals surface area contributed by atoms with Gasteiger partial charge >= 0.3 is 0 Å². The summed E-state index contributed by atoms with van der Waals surface area (Å²) in [5.74, 6) is -2.04. The average molecular weight is 429 g/mol. The van der Waals surface area contributed by atoms with Crippen molar-refractivity contribution in [1.29, 1.82) is 0 Å². The second kappa shape index (κ2) is 9.43. The van der Waals surface area contributed by atoms with Gasteiger partial charge in [0.15, 0.2) is 0 Å². The quantitative estimate of drug-likeness (QED) is 0.812. The lowest BCUT2D eigenvalue weighted by Gasteiger charge is -2.35. The Balaban J connectivity index is 1.39. The number of carbonyl (C=O) groups excluding carboxylic acids is 2. The number of ether oxygens (including phenoxy) is 1. The molecule has 1 N–H and O–H groups in total. The number of nitrogens with one attached hydrogen (secondary N) is 1. The zero-order chi connectivity index (χ0) is 21.8. The SMILES string of the molecule is O=C(NC1CCN(c2ccccc2C(=O)N2CCOCC2)CC1)c1cc(F)cc(F)c1. The van der Waals surface area contributed by atoms with E-state index >= 15 is 0 Å². The number of carbonyl (C=O) groups is 2. The van der Waals surface area contributed by atoms with Gasteiger partial charge in [-0.25, -0.2) is 8.78 Å². The standard InChI is InChI=1S/C23H25F2N3O3/c24-17-13-16(14-18(25)15-17)22(29)26-19-5-7-27(8-6-19)21-4-2-1-3-20(21)23(30)28-9-11-31-12-10-28/h1-4,13-15,19H,5-12H2,(H,26,29). The highest BCUT2D eigenvalue weighted by Gasteiger charge is 2.26. The van der Waals surface area contributed by atoms with Crippen molar-refractivity contribution >= 4 is 17.5 Å². The first-order valence-corrected chi connectivity index (χ1v) is 10.5. The summed E-state index contributed by atoms with van der Waals surface area (Å²) < 4.78 is 32.1. The van der Waals surface area contributed by atoms with Gasteiger partial charge in [0.2, 0.25) is 0 Å². The van der Waals surface area contributed by atoms with Crippen LogP contribution in [0.1, 0.15) is 33.6 Å². The van der Waals surface area contributed by atoms with Gasteiger partial charge in [0, 0.05) is 49.5 Å². The van der Waals surface area contributed by atoms with Gasteiger partial charge in [-0.05, 0) is 37.1 Å². The molecule has 6 nitrogen and oxygen atoms in total. The number of rotatable bonds is 4. The molecule has 0 saturated carbocycles. The van der Waals surface area contributed by atoms with Crippen molar-refractivity contribution in [3.8, 4) is 0 Å². The van der Waals surface area contributed by atoms with Crippen LogP contribution in [0.5, 0.6) is 0 Å². The Morgan fingerprint density at radius 1 is 0.935 bits per heavy atom. The number of hydrogen-bond donors (Lipinski definition) is 1. The molecule has 2 amide bonds. The van der Waals surface area contributed by atoms with E-state index in [1.165, 1.54) is 0 Å². The van der Waals surface area contributed by atoms with Gasteiger partial charge in [0.05, 0.1) is 18.8 Å². The lowest BCUT2D eigenvalue weighted by molar-refractivity contribution is 0.0303. The van der Waals surface area contributed by atoms with E-state index in [1.807, 2.05) is 29.2 Å².